The van der Waals surface area contributed by atoms with Gasteiger partial charge in [-0.2, -0.15) is 15.1 Å². The molecule has 5 rings (SSSR count). The summed E-state index contributed by atoms with van der Waals surface area (Å²) in [5.74, 6) is -4.17. The van der Waals surface area contributed by atoms with Crippen molar-refractivity contribution in [3.05, 3.63) is 36.7 Å². The summed E-state index contributed by atoms with van der Waals surface area (Å²) in [4.78, 5) is 24.6. The highest BCUT2D eigenvalue weighted by Crippen LogP contribution is 2.73. The van der Waals surface area contributed by atoms with Crippen LogP contribution in [0.15, 0.2) is 36.7 Å². The van der Waals surface area contributed by atoms with Crippen molar-refractivity contribution in [3.63, 3.8) is 0 Å². The number of aromatic nitrogens is 4. The van der Waals surface area contributed by atoms with Crippen molar-refractivity contribution in [1.29, 1.82) is 0 Å². The summed E-state index contributed by atoms with van der Waals surface area (Å²) in [6.07, 6.45) is -3.33. The summed E-state index contributed by atoms with van der Waals surface area (Å²) in [7, 11) is -4.69. The molecule has 3 heterocycles. The molecule has 228 valence electrons. The SMILES string of the molecule is CCOc1nc(N)nc2c1ncn2[C@@H]1O[C@]2(F)C(O[P@](=O)(NC(C)C(=O)OC(C)C)Oc3ccccc3)[C@]2(O)[C@@]1(C)F. The Hall–Kier alpha value is -3.43. The molecule has 0 radical (unpaired) electrons. The number of rotatable bonds is 11. The smallest absolute Gasteiger partial charge is 0.460 e. The van der Waals surface area contributed by atoms with E-state index in [1.807, 2.05) is 0 Å². The van der Waals surface area contributed by atoms with Gasteiger partial charge >= 0.3 is 13.7 Å². The Morgan fingerprint density at radius 1 is 1.26 bits per heavy atom. The Kier molecular flexibility index (Phi) is 7.43. The standard InChI is InChI=1S/C25H31F2N6O8P/c1-6-37-18-16-17(30-22(28)31-18)33(12-29-16)21-23(5,26)24(35)20(25(24,27)39-21)41-42(36,40-15-10-8-7-9-11-15)32-14(4)19(34)38-13(2)3/h7-14,20-21,35H,6H2,1-5H3,(H,32,36)(H2,28,30,31)/t14?,20?,21-,23+,24+,25-,42+/m1/s1. The van der Waals surface area contributed by atoms with Crippen molar-refractivity contribution >= 4 is 30.8 Å². The maximum Gasteiger partial charge on any atom is 0.460 e. The third-order valence-corrected chi connectivity index (χ3v) is 8.50. The van der Waals surface area contributed by atoms with Gasteiger partial charge in [-0.05, 0) is 46.8 Å². The number of imidazole rings is 1. The molecule has 0 bridgehead atoms. The van der Waals surface area contributed by atoms with Gasteiger partial charge in [-0.15, -0.1) is 0 Å². The summed E-state index contributed by atoms with van der Waals surface area (Å²) in [5.41, 5.74) is -0.0447. The molecular formula is C25H31F2N6O8P. The fourth-order valence-electron chi connectivity index (χ4n) is 4.81. The van der Waals surface area contributed by atoms with Crippen LogP contribution in [0.5, 0.6) is 11.6 Å². The van der Waals surface area contributed by atoms with E-state index in [9.17, 15) is 14.5 Å². The molecule has 1 saturated carbocycles. The number of nitrogens with zero attached hydrogens (tertiary/aromatic N) is 4. The van der Waals surface area contributed by atoms with Crippen molar-refractivity contribution < 1.29 is 46.5 Å². The molecule has 1 aliphatic heterocycles. The van der Waals surface area contributed by atoms with Crippen molar-refractivity contribution in [2.45, 2.75) is 76.2 Å². The number of carbonyl (C=O) groups is 1. The molecule has 17 heteroatoms. The van der Waals surface area contributed by atoms with E-state index in [1.165, 1.54) is 19.1 Å². The second-order valence-corrected chi connectivity index (χ2v) is 12.0. The summed E-state index contributed by atoms with van der Waals surface area (Å²) in [6, 6.07) is 6.41. The number of benzene rings is 1. The maximum absolute atomic E-state index is 16.5. The monoisotopic (exact) mass is 612 g/mol. The number of carbonyl (C=O) groups excluding carboxylic acids is 1. The summed E-state index contributed by atoms with van der Waals surface area (Å²) >= 11 is 0. The van der Waals surface area contributed by atoms with Gasteiger partial charge in [0.25, 0.3) is 5.85 Å². The number of ether oxygens (including phenoxy) is 3. The van der Waals surface area contributed by atoms with Crippen LogP contribution >= 0.6 is 7.75 Å². The predicted molar refractivity (Wildman–Crippen MR) is 143 cm³/mol. The van der Waals surface area contributed by atoms with Gasteiger partial charge in [-0.3, -0.25) is 13.9 Å². The number of nitrogens with two attached hydrogens (primary N) is 1. The summed E-state index contributed by atoms with van der Waals surface area (Å²) in [5, 5.41) is 13.7. The first-order chi connectivity index (χ1) is 19.7. The minimum absolute atomic E-state index is 0.0209. The molecule has 2 aliphatic rings. The van der Waals surface area contributed by atoms with Crippen molar-refractivity contribution in [3.8, 4) is 11.6 Å². The molecule has 1 aliphatic carbocycles. The Morgan fingerprint density at radius 2 is 1.95 bits per heavy atom. The predicted octanol–water partition coefficient (Wildman–Crippen LogP) is 2.98. The number of fused-ring (bicyclic) bond motifs is 2. The van der Waals surface area contributed by atoms with E-state index in [0.29, 0.717) is 0 Å². The van der Waals surface area contributed by atoms with Gasteiger partial charge in [0.2, 0.25) is 11.8 Å². The van der Waals surface area contributed by atoms with Gasteiger partial charge in [0.05, 0.1) is 19.0 Å². The Bertz CT molecular complexity index is 1540. The van der Waals surface area contributed by atoms with Crippen molar-refractivity contribution in [1.82, 2.24) is 24.6 Å². The second-order valence-electron chi connectivity index (χ2n) is 10.3. The Balaban J connectivity index is 1.44. The van der Waals surface area contributed by atoms with Gasteiger partial charge in [0.15, 0.2) is 34.8 Å². The van der Waals surface area contributed by atoms with Gasteiger partial charge in [0.1, 0.15) is 11.8 Å². The van der Waals surface area contributed by atoms with Crippen LogP contribution in [0.1, 0.15) is 40.8 Å². The number of nitrogens with one attached hydrogen (secondary N) is 1. The van der Waals surface area contributed by atoms with Crippen LogP contribution in [0.2, 0.25) is 0 Å². The van der Waals surface area contributed by atoms with E-state index in [1.54, 1.807) is 39.0 Å². The van der Waals surface area contributed by atoms with E-state index in [-0.39, 0.29) is 35.3 Å². The van der Waals surface area contributed by atoms with Crippen LogP contribution in [0.25, 0.3) is 11.2 Å². The molecule has 1 saturated heterocycles. The number of nitrogen functional groups attached to an aromatic ring is 1. The summed E-state index contributed by atoms with van der Waals surface area (Å²) in [6.45, 7) is 7.37. The maximum atomic E-state index is 16.5. The van der Waals surface area contributed by atoms with E-state index < -0.39 is 55.3 Å². The highest BCUT2D eigenvalue weighted by atomic mass is 31.2. The number of alkyl halides is 2. The average molecular weight is 613 g/mol. The van der Waals surface area contributed by atoms with Crippen molar-refractivity contribution in [2.24, 2.45) is 0 Å². The molecule has 2 unspecified atom stereocenters. The number of hydrogen-bond donors (Lipinski definition) is 3. The number of para-hydroxylation sites is 1. The molecule has 14 nitrogen and oxygen atoms in total. The van der Waals surface area contributed by atoms with E-state index in [0.717, 1.165) is 17.8 Å². The lowest BCUT2D eigenvalue weighted by Gasteiger charge is -2.31. The van der Waals surface area contributed by atoms with Crippen LogP contribution in [0.3, 0.4) is 0 Å². The molecule has 7 atom stereocenters. The minimum Gasteiger partial charge on any atom is -0.476 e. The number of aliphatic hydroxyl groups is 1. The normalized spacial score (nSPS) is 30.5. The van der Waals surface area contributed by atoms with E-state index in [4.69, 9.17) is 29.0 Å². The fraction of sp³-hybridized carbons (Fsp3) is 0.520. The van der Waals surface area contributed by atoms with Gasteiger partial charge < -0.3 is 29.6 Å². The zero-order chi connectivity index (χ0) is 30.7. The van der Waals surface area contributed by atoms with Crippen LogP contribution in [-0.4, -0.2) is 72.6 Å². The van der Waals surface area contributed by atoms with Gasteiger partial charge in [-0.1, -0.05) is 18.2 Å². The average Bonchev–Trinajstić information content (AvgIpc) is 3.15. The number of esters is 1. The summed E-state index contributed by atoms with van der Waals surface area (Å²) < 4.78 is 74.6. The third-order valence-electron chi connectivity index (χ3n) is 6.86. The van der Waals surface area contributed by atoms with Gasteiger partial charge in [0, 0.05) is 0 Å². The third kappa shape index (κ3) is 4.76. The highest BCUT2D eigenvalue weighted by Gasteiger charge is 2.96. The molecule has 42 heavy (non-hydrogen) atoms. The number of halogens is 2. The largest absolute Gasteiger partial charge is 0.476 e. The van der Waals surface area contributed by atoms with Crippen LogP contribution in [-0.2, 0) is 23.4 Å². The fourth-order valence-corrected chi connectivity index (χ4v) is 6.51. The second kappa shape index (κ2) is 10.4. The number of hydrogen-bond acceptors (Lipinski definition) is 12. The molecule has 3 aromatic rings. The number of anilines is 1. The zero-order valence-electron chi connectivity index (χ0n) is 23.4. The first-order valence-corrected chi connectivity index (χ1v) is 14.6. The van der Waals surface area contributed by atoms with Crippen LogP contribution in [0.4, 0.5) is 14.7 Å². The molecule has 2 aromatic heterocycles. The van der Waals surface area contributed by atoms with Gasteiger partial charge in [-0.25, -0.2) is 18.3 Å². The lowest BCUT2D eigenvalue weighted by molar-refractivity contribution is -0.156. The zero-order valence-corrected chi connectivity index (χ0v) is 24.2. The molecule has 1 aromatic carbocycles. The Morgan fingerprint density at radius 3 is 2.55 bits per heavy atom. The lowest BCUT2D eigenvalue weighted by atomic mass is 9.97. The molecular weight excluding hydrogens is 581 g/mol. The van der Waals surface area contributed by atoms with Crippen LogP contribution in [0, 0.1) is 0 Å². The lowest BCUT2D eigenvalue weighted by Crippen LogP contribution is -2.45. The van der Waals surface area contributed by atoms with E-state index in [2.05, 4.69) is 20.0 Å². The molecule has 0 spiro atoms. The molecule has 4 N–H and O–H groups in total. The topological polar surface area (TPSA) is 182 Å². The molecule has 0 amide bonds. The first-order valence-electron chi connectivity index (χ1n) is 13.1. The highest BCUT2D eigenvalue weighted by molar-refractivity contribution is 7.52. The Labute approximate surface area is 239 Å². The molecule has 2 fully saturated rings. The van der Waals surface area contributed by atoms with Crippen LogP contribution < -0.4 is 20.1 Å². The van der Waals surface area contributed by atoms with E-state index >= 15 is 8.78 Å². The first kappa shape index (κ1) is 30.0. The quantitative estimate of drug-likeness (QED) is 0.212. The van der Waals surface area contributed by atoms with Crippen molar-refractivity contribution in [2.75, 3.05) is 12.3 Å². The minimum atomic E-state index is -4.69.